The molecular weight excluding hydrogens is 400 g/mol. The fraction of sp³-hybridized carbons (Fsp3) is 0.167. The first-order valence-corrected chi connectivity index (χ1v) is 9.58. The number of rotatable bonds is 10. The molecule has 0 aromatic heterocycles. The zero-order chi connectivity index (χ0) is 21.9. The number of carbonyl (C=O) groups is 2. The van der Waals surface area contributed by atoms with Gasteiger partial charge >= 0.3 is 11.9 Å². The lowest BCUT2D eigenvalue weighted by molar-refractivity contribution is -0.136. The van der Waals surface area contributed by atoms with Crippen LogP contribution in [-0.4, -0.2) is 38.9 Å². The highest BCUT2D eigenvalue weighted by Gasteiger charge is 2.17. The molecule has 0 bridgehead atoms. The number of esters is 2. The molecule has 0 aliphatic carbocycles. The normalized spacial score (nSPS) is 10.1. The second-order valence-electron chi connectivity index (χ2n) is 6.21. The Hall–Kier alpha value is -4.00. The number of carbonyl (C=O) groups excluding carboxylic acids is 2. The first-order chi connectivity index (χ1) is 15.2. The highest BCUT2D eigenvalue weighted by molar-refractivity contribution is 5.93. The average Bonchev–Trinajstić information content (AvgIpc) is 2.81. The molecule has 31 heavy (non-hydrogen) atoms. The first-order valence-electron chi connectivity index (χ1n) is 9.58. The van der Waals surface area contributed by atoms with E-state index in [9.17, 15) is 9.59 Å². The monoisotopic (exact) mass is 422 g/mol. The Morgan fingerprint density at radius 2 is 1.35 bits per heavy atom. The smallest absolute Gasteiger partial charge is 0.349 e. The van der Waals surface area contributed by atoms with Crippen molar-refractivity contribution in [3.63, 3.8) is 0 Å². The summed E-state index contributed by atoms with van der Waals surface area (Å²) >= 11 is 0. The highest BCUT2D eigenvalue weighted by atomic mass is 16.6. The second-order valence-corrected chi connectivity index (χ2v) is 6.21. The van der Waals surface area contributed by atoms with Crippen LogP contribution < -0.4 is 18.9 Å². The van der Waals surface area contributed by atoms with Crippen LogP contribution in [0.15, 0.2) is 78.9 Å². The van der Waals surface area contributed by atoms with E-state index in [-0.39, 0.29) is 31.1 Å². The molecule has 0 saturated carbocycles. The maximum Gasteiger partial charge on any atom is 0.349 e. The molecule has 0 amide bonds. The summed E-state index contributed by atoms with van der Waals surface area (Å²) < 4.78 is 26.6. The molecule has 0 unspecified atom stereocenters. The summed E-state index contributed by atoms with van der Waals surface area (Å²) in [6, 6.07) is 22.5. The Morgan fingerprint density at radius 1 is 0.710 bits per heavy atom. The van der Waals surface area contributed by atoms with Crippen molar-refractivity contribution in [2.75, 3.05) is 26.9 Å². The number of hydrogen-bond acceptors (Lipinski definition) is 7. The van der Waals surface area contributed by atoms with Crippen LogP contribution in [0.3, 0.4) is 0 Å². The van der Waals surface area contributed by atoms with Crippen LogP contribution in [0, 0.1) is 0 Å². The van der Waals surface area contributed by atoms with Crippen molar-refractivity contribution in [3.05, 3.63) is 84.4 Å². The van der Waals surface area contributed by atoms with Gasteiger partial charge in [0, 0.05) is 0 Å². The van der Waals surface area contributed by atoms with E-state index in [0.717, 1.165) is 0 Å². The van der Waals surface area contributed by atoms with Crippen LogP contribution >= 0.6 is 0 Å². The third-order valence-electron chi connectivity index (χ3n) is 4.07. The summed E-state index contributed by atoms with van der Waals surface area (Å²) in [5, 5.41) is 0. The van der Waals surface area contributed by atoms with Crippen molar-refractivity contribution in [1.29, 1.82) is 0 Å². The van der Waals surface area contributed by atoms with E-state index in [4.69, 9.17) is 23.7 Å². The summed E-state index contributed by atoms with van der Waals surface area (Å²) in [6.45, 7) is -0.105. The largest absolute Gasteiger partial charge is 0.493 e. The average molecular weight is 422 g/mol. The molecule has 160 valence electrons. The standard InChI is InChI=1S/C24H22O7/c1-27-21-13-7-8-14-22(21)30-17-23(25)31-20-12-6-5-11-19(20)24(26)29-16-15-28-18-9-3-2-4-10-18/h2-14H,15-17H2,1H3. The fourth-order valence-corrected chi connectivity index (χ4v) is 2.64. The van der Waals surface area contributed by atoms with Crippen molar-refractivity contribution in [1.82, 2.24) is 0 Å². The van der Waals surface area contributed by atoms with Gasteiger partial charge in [-0.1, -0.05) is 42.5 Å². The van der Waals surface area contributed by atoms with Gasteiger partial charge in [-0.15, -0.1) is 0 Å². The minimum Gasteiger partial charge on any atom is -0.493 e. The Kier molecular flexibility index (Phi) is 7.88. The predicted octanol–water partition coefficient (Wildman–Crippen LogP) is 3.92. The molecule has 0 radical (unpaired) electrons. The van der Waals surface area contributed by atoms with E-state index in [1.807, 2.05) is 30.3 Å². The molecule has 7 nitrogen and oxygen atoms in total. The first kappa shape index (κ1) is 21.7. The molecule has 0 aliphatic heterocycles. The van der Waals surface area contributed by atoms with Crippen molar-refractivity contribution in [2.24, 2.45) is 0 Å². The van der Waals surface area contributed by atoms with Crippen LogP contribution in [0.4, 0.5) is 0 Å². The second kappa shape index (κ2) is 11.3. The third-order valence-corrected chi connectivity index (χ3v) is 4.07. The summed E-state index contributed by atoms with van der Waals surface area (Å²) in [5.41, 5.74) is 0.132. The van der Waals surface area contributed by atoms with E-state index in [2.05, 4.69) is 0 Å². The van der Waals surface area contributed by atoms with Crippen LogP contribution in [0.5, 0.6) is 23.0 Å². The molecule has 0 aliphatic rings. The molecule has 0 N–H and O–H groups in total. The Bertz CT molecular complexity index is 1000. The van der Waals surface area contributed by atoms with Crippen LogP contribution in [-0.2, 0) is 9.53 Å². The minimum atomic E-state index is -0.668. The van der Waals surface area contributed by atoms with Crippen molar-refractivity contribution >= 4 is 11.9 Å². The number of ether oxygens (including phenoxy) is 5. The molecular formula is C24H22O7. The minimum absolute atomic E-state index is 0.0485. The van der Waals surface area contributed by atoms with Gasteiger partial charge in [0.1, 0.15) is 30.3 Å². The van der Waals surface area contributed by atoms with Gasteiger partial charge in [0.25, 0.3) is 0 Å². The lowest BCUT2D eigenvalue weighted by atomic mass is 10.2. The number of benzene rings is 3. The lowest BCUT2D eigenvalue weighted by Crippen LogP contribution is -2.20. The highest BCUT2D eigenvalue weighted by Crippen LogP contribution is 2.26. The quantitative estimate of drug-likeness (QED) is 0.278. The lowest BCUT2D eigenvalue weighted by Gasteiger charge is -2.12. The molecule has 0 atom stereocenters. The van der Waals surface area contributed by atoms with Crippen LogP contribution in [0.25, 0.3) is 0 Å². The number of hydrogen-bond donors (Lipinski definition) is 0. The topological polar surface area (TPSA) is 80.3 Å². The molecule has 0 saturated heterocycles. The van der Waals surface area contributed by atoms with Crippen LogP contribution in [0.2, 0.25) is 0 Å². The molecule has 3 aromatic carbocycles. The van der Waals surface area contributed by atoms with Gasteiger partial charge < -0.3 is 23.7 Å². The van der Waals surface area contributed by atoms with Crippen molar-refractivity contribution in [2.45, 2.75) is 0 Å². The molecule has 0 fully saturated rings. The zero-order valence-corrected chi connectivity index (χ0v) is 17.0. The maximum atomic E-state index is 12.4. The van der Waals surface area contributed by atoms with Crippen LogP contribution in [0.1, 0.15) is 10.4 Å². The summed E-state index contributed by atoms with van der Waals surface area (Å²) in [7, 11) is 1.51. The van der Waals surface area contributed by atoms with Gasteiger partial charge in [0.05, 0.1) is 7.11 Å². The number of methoxy groups -OCH3 is 1. The zero-order valence-electron chi connectivity index (χ0n) is 17.0. The fourth-order valence-electron chi connectivity index (χ4n) is 2.64. The molecule has 3 rings (SSSR count). The van der Waals surface area contributed by atoms with E-state index in [0.29, 0.717) is 17.2 Å². The van der Waals surface area contributed by atoms with E-state index < -0.39 is 11.9 Å². The summed E-state index contributed by atoms with van der Waals surface area (Å²) in [6.07, 6.45) is 0. The Labute approximate surface area is 180 Å². The Morgan fingerprint density at radius 3 is 2.10 bits per heavy atom. The van der Waals surface area contributed by atoms with E-state index in [1.54, 1.807) is 36.4 Å². The van der Waals surface area contributed by atoms with Gasteiger partial charge in [-0.3, -0.25) is 0 Å². The number of para-hydroxylation sites is 4. The Balaban J connectivity index is 1.51. The van der Waals surface area contributed by atoms with Gasteiger partial charge in [0.2, 0.25) is 0 Å². The predicted molar refractivity (Wildman–Crippen MR) is 113 cm³/mol. The molecule has 7 heteroatoms. The van der Waals surface area contributed by atoms with E-state index in [1.165, 1.54) is 19.2 Å². The van der Waals surface area contributed by atoms with Crippen molar-refractivity contribution in [3.8, 4) is 23.0 Å². The maximum absolute atomic E-state index is 12.4. The SMILES string of the molecule is COc1ccccc1OCC(=O)Oc1ccccc1C(=O)OCCOc1ccccc1. The molecule has 0 spiro atoms. The third kappa shape index (κ3) is 6.50. The summed E-state index contributed by atoms with van der Waals surface area (Å²) in [5.74, 6) is 0.391. The van der Waals surface area contributed by atoms with Gasteiger partial charge in [-0.05, 0) is 36.4 Å². The van der Waals surface area contributed by atoms with Gasteiger partial charge in [-0.2, -0.15) is 0 Å². The molecule has 0 heterocycles. The summed E-state index contributed by atoms with van der Waals surface area (Å²) in [4.78, 5) is 24.6. The van der Waals surface area contributed by atoms with Gasteiger partial charge in [0.15, 0.2) is 18.1 Å². The van der Waals surface area contributed by atoms with Crippen molar-refractivity contribution < 1.29 is 33.3 Å². The van der Waals surface area contributed by atoms with Gasteiger partial charge in [-0.25, -0.2) is 9.59 Å². The van der Waals surface area contributed by atoms with E-state index >= 15 is 0 Å². The molecule has 3 aromatic rings.